The van der Waals surface area contributed by atoms with Crippen molar-refractivity contribution in [1.29, 1.82) is 0 Å². The number of unbranched alkanes of at least 4 members (excludes halogenated alkanes) is 8. The number of halogens is 2. The molecular weight excluding hydrogens is 450 g/mol. The quantitative estimate of drug-likeness (QED) is 0.121. The number of carbonyl (C=O) groups excluding carboxylic acids is 1. The molecule has 0 saturated heterocycles. The zero-order chi connectivity index (χ0) is 25.3. The zero-order valence-electron chi connectivity index (χ0n) is 20.8. The maximum atomic E-state index is 14.5. The minimum absolute atomic E-state index is 0.0498. The number of ether oxygens (including phenoxy) is 3. The van der Waals surface area contributed by atoms with Gasteiger partial charge in [-0.05, 0) is 49.1 Å². The maximum absolute atomic E-state index is 14.5. The van der Waals surface area contributed by atoms with Gasteiger partial charge in [0, 0.05) is 11.6 Å². The van der Waals surface area contributed by atoms with Crippen molar-refractivity contribution in [3.63, 3.8) is 0 Å². The van der Waals surface area contributed by atoms with Crippen molar-refractivity contribution >= 4 is 5.97 Å². The molecule has 0 aliphatic rings. The Hall–Kier alpha value is -2.89. The Bertz CT molecular complexity index is 896. The van der Waals surface area contributed by atoms with Gasteiger partial charge < -0.3 is 14.2 Å². The molecule has 0 aliphatic carbocycles. The SMILES string of the molecule is C=CC(=O)OCCCCCCCCCCOc1ccc(-c2ccc(OCCCC)c(F)c2F)cc1. The second kappa shape index (κ2) is 16.7. The predicted octanol–water partition coefficient (Wildman–Crippen LogP) is 8.04. The lowest BCUT2D eigenvalue weighted by atomic mass is 10.0. The third kappa shape index (κ3) is 10.5. The number of hydrogen-bond donors (Lipinski definition) is 0. The fourth-order valence-electron chi connectivity index (χ4n) is 3.61. The molecule has 0 aliphatic heterocycles. The third-order valence-corrected chi connectivity index (χ3v) is 5.69. The fourth-order valence-corrected chi connectivity index (χ4v) is 3.61. The lowest BCUT2D eigenvalue weighted by molar-refractivity contribution is -0.137. The van der Waals surface area contributed by atoms with Gasteiger partial charge >= 0.3 is 5.97 Å². The van der Waals surface area contributed by atoms with Crippen LogP contribution in [-0.4, -0.2) is 25.8 Å². The van der Waals surface area contributed by atoms with Crippen LogP contribution in [0.5, 0.6) is 11.5 Å². The van der Waals surface area contributed by atoms with Crippen molar-refractivity contribution in [2.45, 2.75) is 71.1 Å². The molecule has 0 N–H and O–H groups in total. The van der Waals surface area contributed by atoms with Gasteiger partial charge in [0.25, 0.3) is 0 Å². The van der Waals surface area contributed by atoms with Gasteiger partial charge in [-0.3, -0.25) is 0 Å². The number of hydrogen-bond acceptors (Lipinski definition) is 4. The second-order valence-corrected chi connectivity index (χ2v) is 8.51. The Kier molecular flexibility index (Phi) is 13.5. The number of esters is 1. The van der Waals surface area contributed by atoms with E-state index >= 15 is 0 Å². The van der Waals surface area contributed by atoms with Crippen LogP contribution < -0.4 is 9.47 Å². The summed E-state index contributed by atoms with van der Waals surface area (Å²) in [6, 6.07) is 10.1. The molecule has 4 nitrogen and oxygen atoms in total. The van der Waals surface area contributed by atoms with E-state index in [1.54, 1.807) is 30.3 Å². The summed E-state index contributed by atoms with van der Waals surface area (Å²) in [5, 5.41) is 0. The molecule has 0 spiro atoms. The first-order chi connectivity index (χ1) is 17.1. The summed E-state index contributed by atoms with van der Waals surface area (Å²) in [5.41, 5.74) is 0.794. The molecule has 35 heavy (non-hydrogen) atoms. The summed E-state index contributed by atoms with van der Waals surface area (Å²) in [5.74, 6) is -1.54. The van der Waals surface area contributed by atoms with Crippen LogP contribution in [0, 0.1) is 11.6 Å². The van der Waals surface area contributed by atoms with E-state index in [4.69, 9.17) is 14.2 Å². The van der Waals surface area contributed by atoms with Gasteiger partial charge in [-0.2, -0.15) is 4.39 Å². The molecular formula is C29H38F2O4. The van der Waals surface area contributed by atoms with E-state index < -0.39 is 11.6 Å². The first kappa shape index (κ1) is 28.3. The lowest BCUT2D eigenvalue weighted by Crippen LogP contribution is -2.01. The fraction of sp³-hybridized carbons (Fsp3) is 0.483. The van der Waals surface area contributed by atoms with Crippen molar-refractivity contribution in [3.8, 4) is 22.6 Å². The van der Waals surface area contributed by atoms with Gasteiger partial charge in [-0.1, -0.05) is 70.6 Å². The van der Waals surface area contributed by atoms with Gasteiger partial charge in [-0.25, -0.2) is 9.18 Å². The normalized spacial score (nSPS) is 10.7. The van der Waals surface area contributed by atoms with E-state index in [0.717, 1.165) is 51.4 Å². The molecule has 2 aromatic rings. The molecule has 2 aromatic carbocycles. The van der Waals surface area contributed by atoms with Gasteiger partial charge in [-0.15, -0.1) is 0 Å². The van der Waals surface area contributed by atoms with Crippen molar-refractivity contribution in [3.05, 3.63) is 60.7 Å². The highest BCUT2D eigenvalue weighted by Gasteiger charge is 2.15. The van der Waals surface area contributed by atoms with Crippen molar-refractivity contribution in [2.75, 3.05) is 19.8 Å². The standard InChI is InChI=1S/C29H38F2O4/c1-3-5-20-34-26-19-18-25(28(30)29(26)31)23-14-16-24(17-15-23)33-21-12-10-8-6-7-9-11-13-22-35-27(32)4-2/h4,14-19H,2-3,5-13,20-22H2,1H3. The molecule has 0 amide bonds. The molecule has 6 heteroatoms. The summed E-state index contributed by atoms with van der Waals surface area (Å²) >= 11 is 0. The largest absolute Gasteiger partial charge is 0.494 e. The molecule has 0 fully saturated rings. The van der Waals surface area contributed by atoms with Crippen molar-refractivity contribution in [1.82, 2.24) is 0 Å². The second-order valence-electron chi connectivity index (χ2n) is 8.51. The van der Waals surface area contributed by atoms with Crippen LogP contribution >= 0.6 is 0 Å². The number of rotatable bonds is 18. The molecule has 0 heterocycles. The monoisotopic (exact) mass is 488 g/mol. The summed E-state index contributed by atoms with van der Waals surface area (Å²) in [4.78, 5) is 10.9. The minimum atomic E-state index is -0.951. The number of benzene rings is 2. The molecule has 0 aromatic heterocycles. The van der Waals surface area contributed by atoms with E-state index in [-0.39, 0.29) is 17.3 Å². The highest BCUT2D eigenvalue weighted by Crippen LogP contribution is 2.31. The average Bonchev–Trinajstić information content (AvgIpc) is 2.87. The van der Waals surface area contributed by atoms with Crippen LogP contribution in [0.1, 0.15) is 71.1 Å². The van der Waals surface area contributed by atoms with Gasteiger partial charge in [0.05, 0.1) is 19.8 Å². The zero-order valence-corrected chi connectivity index (χ0v) is 20.8. The van der Waals surface area contributed by atoms with E-state index in [1.165, 1.54) is 25.0 Å². The predicted molar refractivity (Wildman–Crippen MR) is 136 cm³/mol. The topological polar surface area (TPSA) is 44.8 Å². The molecule has 0 bridgehead atoms. The van der Waals surface area contributed by atoms with Gasteiger partial charge in [0.2, 0.25) is 5.82 Å². The molecule has 0 saturated carbocycles. The molecule has 192 valence electrons. The highest BCUT2D eigenvalue weighted by atomic mass is 19.2. The first-order valence-corrected chi connectivity index (χ1v) is 12.7. The van der Waals surface area contributed by atoms with Crippen molar-refractivity contribution in [2.24, 2.45) is 0 Å². The van der Waals surface area contributed by atoms with Crippen molar-refractivity contribution < 1.29 is 27.8 Å². The molecule has 2 rings (SSSR count). The number of carbonyl (C=O) groups is 1. The Morgan fingerprint density at radius 3 is 2.00 bits per heavy atom. The van der Waals surface area contributed by atoms with Crippen LogP contribution in [0.2, 0.25) is 0 Å². The molecule has 0 atom stereocenters. The van der Waals surface area contributed by atoms with Gasteiger partial charge in [0.1, 0.15) is 5.75 Å². The minimum Gasteiger partial charge on any atom is -0.494 e. The summed E-state index contributed by atoms with van der Waals surface area (Å²) in [7, 11) is 0. The Balaban J connectivity index is 1.62. The van der Waals surface area contributed by atoms with Gasteiger partial charge in [0.15, 0.2) is 11.6 Å². The van der Waals surface area contributed by atoms with E-state index in [9.17, 15) is 13.6 Å². The van der Waals surface area contributed by atoms with E-state index in [2.05, 4.69) is 6.58 Å². The molecule has 0 radical (unpaired) electrons. The highest BCUT2D eigenvalue weighted by molar-refractivity contribution is 5.81. The average molecular weight is 489 g/mol. The summed E-state index contributed by atoms with van der Waals surface area (Å²) < 4.78 is 45.0. The van der Waals surface area contributed by atoms with E-state index in [0.29, 0.717) is 31.1 Å². The van der Waals surface area contributed by atoms with Crippen LogP contribution in [0.15, 0.2) is 49.1 Å². The molecule has 0 unspecified atom stereocenters. The summed E-state index contributed by atoms with van der Waals surface area (Å²) in [6.45, 7) is 6.84. The lowest BCUT2D eigenvalue weighted by Gasteiger charge is -2.11. The van der Waals surface area contributed by atoms with Crippen LogP contribution in [0.3, 0.4) is 0 Å². The Labute approximate surface area is 208 Å². The third-order valence-electron chi connectivity index (χ3n) is 5.69. The Morgan fingerprint density at radius 2 is 1.37 bits per heavy atom. The smallest absolute Gasteiger partial charge is 0.330 e. The maximum Gasteiger partial charge on any atom is 0.330 e. The summed E-state index contributed by atoms with van der Waals surface area (Å²) in [6.07, 6.45) is 11.6. The first-order valence-electron chi connectivity index (χ1n) is 12.7. The van der Waals surface area contributed by atoms with Crippen LogP contribution in [0.4, 0.5) is 8.78 Å². The Morgan fingerprint density at radius 1 is 0.771 bits per heavy atom. The van der Waals surface area contributed by atoms with E-state index in [1.807, 2.05) is 6.92 Å². The van der Waals surface area contributed by atoms with Crippen LogP contribution in [0.25, 0.3) is 11.1 Å². The van der Waals surface area contributed by atoms with Crippen LogP contribution in [-0.2, 0) is 9.53 Å².